The first-order valence-electron chi connectivity index (χ1n) is 5.24. The van der Waals surface area contributed by atoms with E-state index in [1.165, 1.54) is 0 Å². The fourth-order valence-electron chi connectivity index (χ4n) is 1.48. The second-order valence-electron chi connectivity index (χ2n) is 3.73. The van der Waals surface area contributed by atoms with E-state index in [9.17, 15) is 0 Å². The van der Waals surface area contributed by atoms with Crippen molar-refractivity contribution < 1.29 is 4.42 Å². The Bertz CT molecular complexity index is 466. The Labute approximate surface area is 94.9 Å². The first-order chi connectivity index (χ1) is 7.75. The Morgan fingerprint density at radius 3 is 2.69 bits per heavy atom. The molecule has 0 unspecified atom stereocenters. The van der Waals surface area contributed by atoms with Gasteiger partial charge in [0.05, 0.1) is 6.21 Å². The van der Waals surface area contributed by atoms with Crippen LogP contribution in [-0.2, 0) is 0 Å². The topological polar surface area (TPSA) is 37.9 Å². The smallest absolute Gasteiger partial charge is 0.147 e. The predicted molar refractivity (Wildman–Crippen MR) is 65.9 cm³/mol. The average Bonchev–Trinajstić information content (AvgIpc) is 2.89. The van der Waals surface area contributed by atoms with E-state index in [1.807, 2.05) is 38.1 Å². The normalized spacial score (nSPS) is 16.8. The van der Waals surface area contributed by atoms with Gasteiger partial charge in [-0.1, -0.05) is 24.3 Å². The molecule has 1 aromatic heterocycles. The monoisotopic (exact) mass is 214 g/mol. The molecule has 0 bridgehead atoms. The molecule has 2 rings (SSSR count). The number of hydrogen-bond acceptors (Lipinski definition) is 3. The van der Waals surface area contributed by atoms with E-state index in [1.54, 1.807) is 6.21 Å². The molecule has 16 heavy (non-hydrogen) atoms. The van der Waals surface area contributed by atoms with Crippen LogP contribution >= 0.6 is 0 Å². The van der Waals surface area contributed by atoms with E-state index in [4.69, 9.17) is 4.42 Å². The van der Waals surface area contributed by atoms with Gasteiger partial charge in [-0.05, 0) is 26.0 Å². The molecule has 3 heteroatoms. The minimum Gasteiger partial charge on any atom is -0.460 e. The zero-order valence-electron chi connectivity index (χ0n) is 9.42. The highest BCUT2D eigenvalue weighted by atomic mass is 16.3. The van der Waals surface area contributed by atoms with Crippen molar-refractivity contribution in [2.75, 3.05) is 0 Å². The van der Waals surface area contributed by atoms with Crippen LogP contribution in [0.5, 0.6) is 0 Å². The lowest BCUT2D eigenvalue weighted by molar-refractivity contribution is 0.528. The summed E-state index contributed by atoms with van der Waals surface area (Å²) in [7, 11) is 0. The fourth-order valence-corrected chi connectivity index (χ4v) is 1.48. The lowest BCUT2D eigenvalue weighted by Gasteiger charge is -2.00. The summed E-state index contributed by atoms with van der Waals surface area (Å²) in [6.07, 6.45) is 9.84. The van der Waals surface area contributed by atoms with Gasteiger partial charge >= 0.3 is 0 Å². The standard InChI is InChI=1S/C13H14N2O/c1-10-7-8-13(16-10)9-14-15-11(2)12-5-3-4-6-12/h3-9,12H,1-2H3/b14-9+,15-11+. The fraction of sp³-hybridized carbons (Fsp3) is 0.231. The van der Waals surface area contributed by atoms with E-state index in [0.717, 1.165) is 17.2 Å². The van der Waals surface area contributed by atoms with Crippen LogP contribution in [0.3, 0.4) is 0 Å². The Balaban J connectivity index is 2.00. The SMILES string of the molecule is C/C(=N\N=C\c1ccc(C)o1)C1C=CC=C1. The second-order valence-corrected chi connectivity index (χ2v) is 3.73. The van der Waals surface area contributed by atoms with E-state index in [0.29, 0.717) is 0 Å². The molecular formula is C13H14N2O. The molecule has 0 aliphatic heterocycles. The summed E-state index contributed by atoms with van der Waals surface area (Å²) in [6.45, 7) is 3.87. The Morgan fingerprint density at radius 1 is 1.31 bits per heavy atom. The van der Waals surface area contributed by atoms with Crippen molar-refractivity contribution in [3.63, 3.8) is 0 Å². The Kier molecular flexibility index (Phi) is 3.15. The van der Waals surface area contributed by atoms with Gasteiger partial charge in [0.15, 0.2) is 0 Å². The molecule has 3 nitrogen and oxygen atoms in total. The van der Waals surface area contributed by atoms with Crippen molar-refractivity contribution in [1.82, 2.24) is 0 Å². The van der Waals surface area contributed by atoms with Gasteiger partial charge in [-0.15, -0.1) is 0 Å². The molecule has 1 heterocycles. The molecule has 82 valence electrons. The van der Waals surface area contributed by atoms with Crippen molar-refractivity contribution in [1.29, 1.82) is 0 Å². The zero-order chi connectivity index (χ0) is 11.4. The molecule has 1 aliphatic rings. The molecule has 0 saturated heterocycles. The van der Waals surface area contributed by atoms with Crippen LogP contribution in [0.2, 0.25) is 0 Å². The van der Waals surface area contributed by atoms with Crippen molar-refractivity contribution in [2.24, 2.45) is 16.1 Å². The van der Waals surface area contributed by atoms with E-state index >= 15 is 0 Å². The van der Waals surface area contributed by atoms with Gasteiger partial charge in [0.1, 0.15) is 11.5 Å². The van der Waals surface area contributed by atoms with Gasteiger partial charge in [-0.25, -0.2) is 0 Å². The number of nitrogens with zero attached hydrogens (tertiary/aromatic N) is 2. The van der Waals surface area contributed by atoms with Gasteiger partial charge < -0.3 is 4.42 Å². The third kappa shape index (κ3) is 2.57. The molecule has 1 aliphatic carbocycles. The largest absolute Gasteiger partial charge is 0.460 e. The maximum atomic E-state index is 5.34. The molecule has 0 aromatic carbocycles. The highest BCUT2D eigenvalue weighted by molar-refractivity contribution is 5.88. The number of hydrogen-bond donors (Lipinski definition) is 0. The summed E-state index contributed by atoms with van der Waals surface area (Å²) < 4.78 is 5.34. The van der Waals surface area contributed by atoms with Crippen LogP contribution in [0.1, 0.15) is 18.4 Å². The first-order valence-corrected chi connectivity index (χ1v) is 5.24. The van der Waals surface area contributed by atoms with Crippen molar-refractivity contribution in [3.8, 4) is 0 Å². The highest BCUT2D eigenvalue weighted by Gasteiger charge is 2.06. The number of furan rings is 1. The number of aryl methyl sites for hydroxylation is 1. The van der Waals surface area contributed by atoms with Crippen molar-refractivity contribution in [2.45, 2.75) is 13.8 Å². The Hall–Kier alpha value is -1.90. The molecule has 1 aromatic rings. The summed E-state index contributed by atoms with van der Waals surface area (Å²) in [5.41, 5.74) is 0.976. The summed E-state index contributed by atoms with van der Waals surface area (Å²) >= 11 is 0. The summed E-state index contributed by atoms with van der Waals surface area (Å²) in [5, 5.41) is 8.14. The number of rotatable bonds is 3. The van der Waals surface area contributed by atoms with Crippen LogP contribution in [0.25, 0.3) is 0 Å². The average molecular weight is 214 g/mol. The quantitative estimate of drug-likeness (QED) is 0.562. The molecule has 0 N–H and O–H groups in total. The van der Waals surface area contributed by atoms with Gasteiger partial charge in [-0.3, -0.25) is 0 Å². The molecule has 0 radical (unpaired) electrons. The lowest BCUT2D eigenvalue weighted by Crippen LogP contribution is -2.02. The van der Waals surface area contributed by atoms with Gasteiger partial charge in [0, 0.05) is 11.6 Å². The maximum absolute atomic E-state index is 5.34. The third-order valence-electron chi connectivity index (χ3n) is 2.39. The molecule has 0 amide bonds. The maximum Gasteiger partial charge on any atom is 0.147 e. The van der Waals surface area contributed by atoms with Crippen LogP contribution in [0, 0.1) is 12.8 Å². The minimum atomic E-state index is 0.287. The zero-order valence-corrected chi connectivity index (χ0v) is 9.42. The van der Waals surface area contributed by atoms with E-state index in [-0.39, 0.29) is 5.92 Å². The summed E-state index contributed by atoms with van der Waals surface area (Å²) in [4.78, 5) is 0. The third-order valence-corrected chi connectivity index (χ3v) is 2.39. The van der Waals surface area contributed by atoms with Crippen molar-refractivity contribution >= 4 is 11.9 Å². The minimum absolute atomic E-state index is 0.287. The van der Waals surface area contributed by atoms with E-state index < -0.39 is 0 Å². The van der Waals surface area contributed by atoms with Crippen LogP contribution in [0.4, 0.5) is 0 Å². The summed E-state index contributed by atoms with van der Waals surface area (Å²) in [6, 6.07) is 3.78. The summed E-state index contributed by atoms with van der Waals surface area (Å²) in [5.74, 6) is 1.89. The predicted octanol–water partition coefficient (Wildman–Crippen LogP) is 3.13. The second kappa shape index (κ2) is 4.75. The number of allylic oxidation sites excluding steroid dienone is 4. The van der Waals surface area contributed by atoms with Crippen LogP contribution in [0.15, 0.2) is 51.1 Å². The van der Waals surface area contributed by atoms with Crippen LogP contribution < -0.4 is 0 Å². The van der Waals surface area contributed by atoms with Crippen LogP contribution in [-0.4, -0.2) is 11.9 Å². The first kappa shape index (κ1) is 10.6. The molecular weight excluding hydrogens is 200 g/mol. The van der Waals surface area contributed by atoms with Gasteiger partial charge in [0.2, 0.25) is 0 Å². The van der Waals surface area contributed by atoms with Gasteiger partial charge in [-0.2, -0.15) is 10.2 Å². The van der Waals surface area contributed by atoms with Crippen molar-refractivity contribution in [3.05, 3.63) is 48.0 Å². The molecule has 0 fully saturated rings. The lowest BCUT2D eigenvalue weighted by atomic mass is 10.1. The highest BCUT2D eigenvalue weighted by Crippen LogP contribution is 2.11. The molecule has 0 spiro atoms. The van der Waals surface area contributed by atoms with Gasteiger partial charge in [0.25, 0.3) is 0 Å². The molecule has 0 saturated carbocycles. The Morgan fingerprint density at radius 2 is 2.06 bits per heavy atom. The van der Waals surface area contributed by atoms with E-state index in [2.05, 4.69) is 22.4 Å². The molecule has 0 atom stereocenters.